The van der Waals surface area contributed by atoms with Crippen molar-refractivity contribution in [2.75, 3.05) is 13.2 Å². The van der Waals surface area contributed by atoms with Gasteiger partial charge in [0.15, 0.2) is 0 Å². The predicted octanol–water partition coefficient (Wildman–Crippen LogP) is 2.12. The molecule has 0 aromatic rings. The molecule has 0 aromatic carbocycles. The fraction of sp³-hybridized carbons (Fsp3) is 0.800. The fourth-order valence-corrected chi connectivity index (χ4v) is 1.90. The van der Waals surface area contributed by atoms with E-state index in [4.69, 9.17) is 4.74 Å². The first kappa shape index (κ1) is 7.96. The summed E-state index contributed by atoms with van der Waals surface area (Å²) in [5, 5.41) is 0. The summed E-state index contributed by atoms with van der Waals surface area (Å²) in [5.41, 5.74) is 1.38. The van der Waals surface area contributed by atoms with E-state index in [1.165, 1.54) is 24.3 Å². The smallest absolute Gasteiger partial charge is 0.115 e. The molecule has 1 saturated carbocycles. The highest BCUT2D eigenvalue weighted by Crippen LogP contribution is 2.33. The zero-order valence-corrected chi connectivity index (χ0v) is 7.97. The number of hydrogen-bond donors (Lipinski definition) is 0. The number of rotatable bonds is 2. The van der Waals surface area contributed by atoms with Crippen molar-refractivity contribution in [1.29, 1.82) is 0 Å². The van der Waals surface area contributed by atoms with Crippen LogP contribution < -0.4 is 0 Å². The van der Waals surface area contributed by atoms with Gasteiger partial charge in [-0.05, 0) is 19.8 Å². The molecule has 0 unspecified atom stereocenters. The van der Waals surface area contributed by atoms with E-state index in [1.807, 2.05) is 0 Å². The number of hydrogen-bond acceptors (Lipinski definition) is 2. The van der Waals surface area contributed by atoms with Gasteiger partial charge in [-0.15, -0.1) is 0 Å². The molecule has 2 aliphatic rings. The van der Waals surface area contributed by atoms with Crippen molar-refractivity contribution in [2.24, 2.45) is 0 Å². The second kappa shape index (κ2) is 3.00. The third-order valence-corrected chi connectivity index (χ3v) is 2.75. The summed E-state index contributed by atoms with van der Waals surface area (Å²) >= 11 is 0. The van der Waals surface area contributed by atoms with Crippen LogP contribution in [-0.2, 0) is 4.74 Å². The summed E-state index contributed by atoms with van der Waals surface area (Å²) in [5.74, 6) is 1.20. The Morgan fingerprint density at radius 2 is 2.25 bits per heavy atom. The first-order valence-electron chi connectivity index (χ1n) is 4.92. The van der Waals surface area contributed by atoms with Crippen LogP contribution in [0.5, 0.6) is 0 Å². The highest BCUT2D eigenvalue weighted by atomic mass is 16.5. The lowest BCUT2D eigenvalue weighted by atomic mass is 10.2. The van der Waals surface area contributed by atoms with Gasteiger partial charge in [-0.1, -0.05) is 6.92 Å². The Balaban J connectivity index is 2.13. The number of nitrogens with zero attached hydrogens (tertiary/aromatic N) is 1. The van der Waals surface area contributed by atoms with Gasteiger partial charge < -0.3 is 9.64 Å². The lowest BCUT2D eigenvalue weighted by Gasteiger charge is -2.32. The summed E-state index contributed by atoms with van der Waals surface area (Å²) in [7, 11) is 0. The Morgan fingerprint density at radius 1 is 1.50 bits per heavy atom. The van der Waals surface area contributed by atoms with Crippen molar-refractivity contribution in [3.63, 3.8) is 0 Å². The molecule has 0 amide bonds. The number of allylic oxidation sites excluding steroid dienone is 2. The first-order valence-corrected chi connectivity index (χ1v) is 4.92. The van der Waals surface area contributed by atoms with Crippen molar-refractivity contribution < 1.29 is 4.74 Å². The first-order chi connectivity index (χ1) is 5.83. The summed E-state index contributed by atoms with van der Waals surface area (Å²) in [6.07, 6.45) is 3.80. The molecule has 1 heterocycles. The van der Waals surface area contributed by atoms with E-state index in [0.29, 0.717) is 0 Å². The molecule has 1 aliphatic carbocycles. The summed E-state index contributed by atoms with van der Waals surface area (Å²) in [6.45, 7) is 6.34. The van der Waals surface area contributed by atoms with Crippen molar-refractivity contribution in [1.82, 2.24) is 4.90 Å². The van der Waals surface area contributed by atoms with E-state index in [9.17, 15) is 0 Å². The zero-order valence-electron chi connectivity index (χ0n) is 7.97. The van der Waals surface area contributed by atoms with Crippen LogP contribution in [0.1, 0.15) is 33.1 Å². The monoisotopic (exact) mass is 167 g/mol. The average Bonchev–Trinajstić information content (AvgIpc) is 2.88. The molecule has 0 radical (unpaired) electrons. The molecule has 0 atom stereocenters. The van der Waals surface area contributed by atoms with Crippen LogP contribution in [0.4, 0.5) is 0 Å². The van der Waals surface area contributed by atoms with Crippen molar-refractivity contribution in [3.8, 4) is 0 Å². The highest BCUT2D eigenvalue weighted by molar-refractivity contribution is 5.10. The molecule has 0 N–H and O–H groups in total. The van der Waals surface area contributed by atoms with Crippen molar-refractivity contribution >= 4 is 0 Å². The Labute approximate surface area is 74.2 Å². The topological polar surface area (TPSA) is 12.5 Å². The maximum atomic E-state index is 5.59. The van der Waals surface area contributed by atoms with Gasteiger partial charge >= 0.3 is 0 Å². The molecule has 1 fully saturated rings. The van der Waals surface area contributed by atoms with Crippen molar-refractivity contribution in [3.05, 3.63) is 11.5 Å². The normalized spacial score (nSPS) is 24.3. The van der Waals surface area contributed by atoms with Crippen LogP contribution in [0.15, 0.2) is 11.5 Å². The number of ether oxygens (including phenoxy) is 1. The van der Waals surface area contributed by atoms with Gasteiger partial charge in [0.1, 0.15) is 12.4 Å². The molecule has 68 valence electrons. The fourth-order valence-electron chi connectivity index (χ4n) is 1.90. The Bertz CT molecular complexity index is 206. The van der Waals surface area contributed by atoms with Gasteiger partial charge in [-0.2, -0.15) is 0 Å². The highest BCUT2D eigenvalue weighted by Gasteiger charge is 2.31. The molecule has 0 bridgehead atoms. The van der Waals surface area contributed by atoms with Crippen LogP contribution in [0.3, 0.4) is 0 Å². The van der Waals surface area contributed by atoms with Crippen LogP contribution in [0, 0.1) is 0 Å². The van der Waals surface area contributed by atoms with Gasteiger partial charge in [0.2, 0.25) is 0 Å². The SMILES string of the molecule is CCC1=C(C)N(C2CC2)CCO1. The molecule has 2 rings (SSSR count). The third-order valence-electron chi connectivity index (χ3n) is 2.75. The van der Waals surface area contributed by atoms with E-state index in [-0.39, 0.29) is 0 Å². The van der Waals surface area contributed by atoms with Crippen LogP contribution >= 0.6 is 0 Å². The zero-order chi connectivity index (χ0) is 8.55. The van der Waals surface area contributed by atoms with Gasteiger partial charge in [-0.25, -0.2) is 0 Å². The van der Waals surface area contributed by atoms with Gasteiger partial charge in [0.25, 0.3) is 0 Å². The minimum atomic E-state index is 0.843. The molecular weight excluding hydrogens is 150 g/mol. The van der Waals surface area contributed by atoms with E-state index < -0.39 is 0 Å². The molecule has 0 spiro atoms. The molecular formula is C10H17NO. The lowest BCUT2D eigenvalue weighted by Crippen LogP contribution is -2.33. The quantitative estimate of drug-likeness (QED) is 0.624. The standard InChI is InChI=1S/C10H17NO/c1-3-10-8(2)11(6-7-12-10)9-4-5-9/h9H,3-7H2,1-2H3. The predicted molar refractivity (Wildman–Crippen MR) is 48.7 cm³/mol. The third kappa shape index (κ3) is 1.30. The molecule has 12 heavy (non-hydrogen) atoms. The minimum absolute atomic E-state index is 0.843. The van der Waals surface area contributed by atoms with E-state index in [2.05, 4.69) is 18.7 Å². The summed E-state index contributed by atoms with van der Waals surface area (Å²) in [6, 6.07) is 0.843. The average molecular weight is 167 g/mol. The van der Waals surface area contributed by atoms with Crippen LogP contribution in [-0.4, -0.2) is 24.1 Å². The molecule has 0 saturated heterocycles. The Kier molecular flexibility index (Phi) is 1.99. The van der Waals surface area contributed by atoms with E-state index in [0.717, 1.165) is 25.6 Å². The molecule has 0 aromatic heterocycles. The molecule has 1 aliphatic heterocycles. The van der Waals surface area contributed by atoms with Gasteiger partial charge in [0.05, 0.1) is 6.54 Å². The molecule has 2 heteroatoms. The largest absolute Gasteiger partial charge is 0.494 e. The second-order valence-corrected chi connectivity index (χ2v) is 3.64. The summed E-state index contributed by atoms with van der Waals surface area (Å²) < 4.78 is 5.59. The Hall–Kier alpha value is -0.660. The van der Waals surface area contributed by atoms with Crippen LogP contribution in [0.25, 0.3) is 0 Å². The Morgan fingerprint density at radius 3 is 2.83 bits per heavy atom. The summed E-state index contributed by atoms with van der Waals surface area (Å²) in [4.78, 5) is 2.52. The second-order valence-electron chi connectivity index (χ2n) is 3.64. The van der Waals surface area contributed by atoms with E-state index in [1.54, 1.807) is 0 Å². The van der Waals surface area contributed by atoms with Crippen molar-refractivity contribution in [2.45, 2.75) is 39.2 Å². The minimum Gasteiger partial charge on any atom is -0.494 e. The lowest BCUT2D eigenvalue weighted by molar-refractivity contribution is 0.120. The maximum absolute atomic E-state index is 5.59. The molecule has 2 nitrogen and oxygen atoms in total. The van der Waals surface area contributed by atoms with E-state index >= 15 is 0 Å². The van der Waals surface area contributed by atoms with Gasteiger partial charge in [0, 0.05) is 18.2 Å². The van der Waals surface area contributed by atoms with Crippen LogP contribution in [0.2, 0.25) is 0 Å². The van der Waals surface area contributed by atoms with Gasteiger partial charge in [-0.3, -0.25) is 0 Å². The maximum Gasteiger partial charge on any atom is 0.115 e.